The van der Waals surface area contributed by atoms with Crippen LogP contribution in [0.2, 0.25) is 0 Å². The molecule has 0 bridgehead atoms. The van der Waals surface area contributed by atoms with E-state index in [1.54, 1.807) is 0 Å². The number of rotatable bonds is 10. The van der Waals surface area contributed by atoms with Gasteiger partial charge in [0.15, 0.2) is 0 Å². The maximum absolute atomic E-state index is 10.0. The zero-order valence-electron chi connectivity index (χ0n) is 9.06. The van der Waals surface area contributed by atoms with Crippen molar-refractivity contribution in [3.63, 3.8) is 0 Å². The fourth-order valence-corrected chi connectivity index (χ4v) is 1.54. The predicted octanol–water partition coefficient (Wildman–Crippen LogP) is 3.46. The van der Waals surface area contributed by atoms with Crippen molar-refractivity contribution in [1.29, 1.82) is 0 Å². The number of hydrogen-bond donors (Lipinski definition) is 0. The van der Waals surface area contributed by atoms with E-state index in [0.717, 1.165) is 19.1 Å². The van der Waals surface area contributed by atoms with Gasteiger partial charge in [0.1, 0.15) is 6.29 Å². The van der Waals surface area contributed by atoms with Crippen LogP contribution in [-0.4, -0.2) is 57.7 Å². The molecule has 2 heteroatoms. The van der Waals surface area contributed by atoms with Crippen LogP contribution in [0.15, 0.2) is 0 Å². The molecule has 80 valence electrons. The molecule has 0 amide bonds. The molecule has 0 heterocycles. The molecule has 0 aromatic carbocycles. The number of carbonyl (C=O) groups excluding carboxylic acids is 1. The standard InChI is InChI=1S/C12H24O.K.H/c1-2-3-4-5-6-7-8-9-10-11-12-13;;/h12H,2-11H2,1H3;;. The molecule has 0 aliphatic carbocycles. The molecule has 1 nitrogen and oxygen atoms in total. The van der Waals surface area contributed by atoms with Crippen LogP contribution >= 0.6 is 0 Å². The molecule has 0 saturated heterocycles. The fourth-order valence-electron chi connectivity index (χ4n) is 1.54. The Hall–Kier alpha value is 1.31. The van der Waals surface area contributed by atoms with E-state index in [1.165, 1.54) is 51.4 Å². The minimum absolute atomic E-state index is 0. The van der Waals surface area contributed by atoms with Crippen LogP contribution in [0.25, 0.3) is 0 Å². The van der Waals surface area contributed by atoms with Crippen molar-refractivity contribution in [2.45, 2.75) is 71.1 Å². The molecule has 0 N–H and O–H groups in total. The Morgan fingerprint density at radius 2 is 1.21 bits per heavy atom. The summed E-state index contributed by atoms with van der Waals surface area (Å²) >= 11 is 0. The summed E-state index contributed by atoms with van der Waals surface area (Å²) in [4.78, 5) is 10.0. The molecule has 0 atom stereocenters. The van der Waals surface area contributed by atoms with Crippen molar-refractivity contribution in [2.24, 2.45) is 0 Å². The first-order valence-electron chi connectivity index (χ1n) is 5.85. The molecular formula is C12H25KO. The van der Waals surface area contributed by atoms with Crippen LogP contribution < -0.4 is 0 Å². The summed E-state index contributed by atoms with van der Waals surface area (Å²) in [7, 11) is 0. The van der Waals surface area contributed by atoms with Gasteiger partial charge < -0.3 is 4.79 Å². The van der Waals surface area contributed by atoms with E-state index in [1.807, 2.05) is 0 Å². The van der Waals surface area contributed by atoms with Gasteiger partial charge in [-0.2, -0.15) is 0 Å². The molecule has 0 aromatic rings. The van der Waals surface area contributed by atoms with E-state index in [2.05, 4.69) is 6.92 Å². The van der Waals surface area contributed by atoms with E-state index in [-0.39, 0.29) is 51.4 Å². The average Bonchev–Trinajstić information content (AvgIpc) is 2.16. The van der Waals surface area contributed by atoms with Crippen molar-refractivity contribution in [3.8, 4) is 0 Å². The summed E-state index contributed by atoms with van der Waals surface area (Å²) in [5.74, 6) is 0. The minimum atomic E-state index is 0. The molecule has 0 saturated carbocycles. The second kappa shape index (κ2) is 16.7. The molecule has 0 unspecified atom stereocenters. The first-order valence-corrected chi connectivity index (χ1v) is 5.85. The third-order valence-electron chi connectivity index (χ3n) is 2.43. The molecule has 0 aliphatic rings. The van der Waals surface area contributed by atoms with E-state index in [9.17, 15) is 4.79 Å². The molecule has 0 aliphatic heterocycles. The third kappa shape index (κ3) is 15.8. The Bertz CT molecular complexity index is 104. The summed E-state index contributed by atoms with van der Waals surface area (Å²) in [5, 5.41) is 0. The van der Waals surface area contributed by atoms with Crippen molar-refractivity contribution in [2.75, 3.05) is 0 Å². The number of aldehydes is 1. The van der Waals surface area contributed by atoms with Gasteiger partial charge in [0.05, 0.1) is 0 Å². The van der Waals surface area contributed by atoms with Gasteiger partial charge in [0.25, 0.3) is 0 Å². The number of hydrogen-bond acceptors (Lipinski definition) is 1. The quantitative estimate of drug-likeness (QED) is 0.315. The Kier molecular flexibility index (Phi) is 21.1. The van der Waals surface area contributed by atoms with Crippen LogP contribution in [0.1, 0.15) is 71.1 Å². The molecule has 14 heavy (non-hydrogen) atoms. The van der Waals surface area contributed by atoms with Gasteiger partial charge in [-0.3, -0.25) is 0 Å². The van der Waals surface area contributed by atoms with Crippen LogP contribution in [0.3, 0.4) is 0 Å². The molecule has 0 aromatic heterocycles. The first kappa shape index (κ1) is 17.7. The van der Waals surface area contributed by atoms with Crippen LogP contribution in [0.4, 0.5) is 0 Å². The second-order valence-corrected chi connectivity index (χ2v) is 3.78. The molecule has 0 spiro atoms. The summed E-state index contributed by atoms with van der Waals surface area (Å²) in [6.07, 6.45) is 13.7. The van der Waals surface area contributed by atoms with Crippen molar-refractivity contribution in [3.05, 3.63) is 0 Å². The number of carbonyl (C=O) groups is 1. The van der Waals surface area contributed by atoms with Gasteiger partial charge in [-0.1, -0.05) is 58.3 Å². The Labute approximate surface area is 132 Å². The monoisotopic (exact) mass is 224 g/mol. The van der Waals surface area contributed by atoms with Crippen molar-refractivity contribution >= 4 is 57.7 Å². The van der Waals surface area contributed by atoms with Gasteiger partial charge >= 0.3 is 51.4 Å². The Balaban J connectivity index is 0. The summed E-state index contributed by atoms with van der Waals surface area (Å²) < 4.78 is 0. The maximum atomic E-state index is 10.0. The zero-order valence-corrected chi connectivity index (χ0v) is 9.06. The predicted molar refractivity (Wildman–Crippen MR) is 65.1 cm³/mol. The fraction of sp³-hybridized carbons (Fsp3) is 0.917. The van der Waals surface area contributed by atoms with Gasteiger partial charge in [0, 0.05) is 6.42 Å². The molecule has 0 fully saturated rings. The van der Waals surface area contributed by atoms with E-state index in [0.29, 0.717) is 0 Å². The Morgan fingerprint density at radius 1 is 0.786 bits per heavy atom. The molecule has 0 radical (unpaired) electrons. The van der Waals surface area contributed by atoms with Crippen molar-refractivity contribution in [1.82, 2.24) is 0 Å². The van der Waals surface area contributed by atoms with Crippen LogP contribution in [0.5, 0.6) is 0 Å². The van der Waals surface area contributed by atoms with Crippen molar-refractivity contribution < 1.29 is 4.79 Å². The topological polar surface area (TPSA) is 17.1 Å². The Morgan fingerprint density at radius 3 is 1.64 bits per heavy atom. The third-order valence-corrected chi connectivity index (χ3v) is 2.43. The molecular weight excluding hydrogens is 199 g/mol. The zero-order chi connectivity index (χ0) is 9.78. The summed E-state index contributed by atoms with van der Waals surface area (Å²) in [6, 6.07) is 0. The molecule has 0 rings (SSSR count). The van der Waals surface area contributed by atoms with Gasteiger partial charge in [-0.25, -0.2) is 0 Å². The normalized spacial score (nSPS) is 9.50. The number of unbranched alkanes of at least 4 members (excludes halogenated alkanes) is 9. The average molecular weight is 224 g/mol. The van der Waals surface area contributed by atoms with Gasteiger partial charge in [-0.15, -0.1) is 0 Å². The first-order chi connectivity index (χ1) is 6.41. The van der Waals surface area contributed by atoms with Gasteiger partial charge in [-0.05, 0) is 6.42 Å². The van der Waals surface area contributed by atoms with E-state index >= 15 is 0 Å². The second-order valence-electron chi connectivity index (χ2n) is 3.78. The van der Waals surface area contributed by atoms with Crippen LogP contribution in [0, 0.1) is 0 Å². The van der Waals surface area contributed by atoms with E-state index in [4.69, 9.17) is 0 Å². The SMILES string of the molecule is CCCCCCCCCCCC=O.[KH]. The summed E-state index contributed by atoms with van der Waals surface area (Å²) in [6.45, 7) is 2.25. The summed E-state index contributed by atoms with van der Waals surface area (Å²) in [5.41, 5.74) is 0. The van der Waals surface area contributed by atoms with Gasteiger partial charge in [0.2, 0.25) is 0 Å². The van der Waals surface area contributed by atoms with Crippen LogP contribution in [-0.2, 0) is 4.79 Å². The van der Waals surface area contributed by atoms with E-state index < -0.39 is 0 Å².